The maximum absolute atomic E-state index is 11.9. The van der Waals surface area contributed by atoms with Crippen LogP contribution in [-0.2, 0) is 20.6 Å². The van der Waals surface area contributed by atoms with E-state index >= 15 is 0 Å². The first-order valence-corrected chi connectivity index (χ1v) is 6.38. The molecule has 9 heteroatoms. The summed E-state index contributed by atoms with van der Waals surface area (Å²) in [6.07, 6.45) is 0. The van der Waals surface area contributed by atoms with Gasteiger partial charge in [0.25, 0.3) is 5.56 Å². The second kappa shape index (κ2) is 6.29. The third-order valence-corrected chi connectivity index (χ3v) is 3.21. The molecule has 0 amide bonds. The van der Waals surface area contributed by atoms with Gasteiger partial charge in [0.15, 0.2) is 0 Å². The highest BCUT2D eigenvalue weighted by Gasteiger charge is 2.27. The fourth-order valence-electron chi connectivity index (χ4n) is 1.40. The number of hydrogen-bond acceptors (Lipinski definition) is 4. The molecular formula is C10H14F3N3O2S. The molecular weight excluding hydrogens is 283 g/mol. The van der Waals surface area contributed by atoms with Gasteiger partial charge in [-0.25, -0.2) is 4.79 Å². The van der Waals surface area contributed by atoms with Crippen LogP contribution in [0.1, 0.15) is 5.69 Å². The largest absolute Gasteiger partial charge is 0.441 e. The zero-order chi connectivity index (χ0) is 14.6. The number of rotatable bonds is 5. The number of nitrogens with zero attached hydrogens (tertiary/aromatic N) is 2. The summed E-state index contributed by atoms with van der Waals surface area (Å²) in [6, 6.07) is 1.28. The Balaban J connectivity index is 2.56. The van der Waals surface area contributed by atoms with Gasteiger partial charge in [0.05, 0.1) is 0 Å². The lowest BCUT2D eigenvalue weighted by Gasteiger charge is -2.10. The van der Waals surface area contributed by atoms with Crippen LogP contribution in [-0.4, -0.2) is 26.9 Å². The summed E-state index contributed by atoms with van der Waals surface area (Å²) in [5.41, 5.74) is -4.71. The normalized spacial score (nSPS) is 11.8. The van der Waals surface area contributed by atoms with Crippen molar-refractivity contribution in [2.45, 2.75) is 12.1 Å². The molecule has 0 aliphatic rings. The molecule has 0 atom stereocenters. The smallest absolute Gasteiger partial charge is 0.310 e. The zero-order valence-electron chi connectivity index (χ0n) is 10.5. The van der Waals surface area contributed by atoms with Crippen LogP contribution in [0.5, 0.6) is 0 Å². The van der Waals surface area contributed by atoms with Crippen molar-refractivity contribution in [3.05, 3.63) is 32.6 Å². The van der Waals surface area contributed by atoms with Crippen LogP contribution in [0, 0.1) is 0 Å². The highest BCUT2D eigenvalue weighted by molar-refractivity contribution is 8.00. The van der Waals surface area contributed by atoms with E-state index in [0.29, 0.717) is 5.69 Å². The van der Waals surface area contributed by atoms with Crippen molar-refractivity contribution in [1.82, 2.24) is 14.5 Å². The molecule has 1 heterocycles. The minimum atomic E-state index is -4.24. The van der Waals surface area contributed by atoms with Gasteiger partial charge < -0.3 is 5.32 Å². The maximum atomic E-state index is 11.9. The van der Waals surface area contributed by atoms with Crippen LogP contribution in [0.4, 0.5) is 13.2 Å². The monoisotopic (exact) mass is 297 g/mol. The minimum absolute atomic E-state index is 0.115. The molecule has 0 unspecified atom stereocenters. The Labute approximate surface area is 111 Å². The molecule has 108 valence electrons. The van der Waals surface area contributed by atoms with E-state index < -0.39 is 16.8 Å². The molecule has 1 N–H and O–H groups in total. The lowest BCUT2D eigenvalue weighted by molar-refractivity contribution is -0.0327. The third kappa shape index (κ3) is 4.75. The first-order chi connectivity index (χ1) is 8.72. The summed E-state index contributed by atoms with van der Waals surface area (Å²) in [5, 5.41) is 2.76. The number of aromatic nitrogens is 2. The molecule has 0 aromatic carbocycles. The number of hydrogen-bond donors (Lipinski definition) is 1. The maximum Gasteiger partial charge on any atom is 0.441 e. The topological polar surface area (TPSA) is 56.0 Å². The van der Waals surface area contributed by atoms with Crippen molar-refractivity contribution in [1.29, 1.82) is 0 Å². The molecule has 0 saturated carbocycles. The van der Waals surface area contributed by atoms with Gasteiger partial charge in [-0.05, 0) is 11.8 Å². The lowest BCUT2D eigenvalue weighted by atomic mass is 10.4. The summed E-state index contributed by atoms with van der Waals surface area (Å²) < 4.78 is 37.8. The quantitative estimate of drug-likeness (QED) is 0.801. The van der Waals surface area contributed by atoms with Crippen molar-refractivity contribution in [3.8, 4) is 0 Å². The molecule has 0 radical (unpaired) electrons. The lowest BCUT2D eigenvalue weighted by Crippen LogP contribution is -2.39. The predicted octanol–water partition coefficient (Wildman–Crippen LogP) is 0.427. The SMILES string of the molecule is Cn1c(CNCCSC(F)(F)F)cc(=O)n(C)c1=O. The van der Waals surface area contributed by atoms with E-state index in [1.807, 2.05) is 0 Å². The van der Waals surface area contributed by atoms with E-state index in [9.17, 15) is 22.8 Å². The van der Waals surface area contributed by atoms with Gasteiger partial charge in [0, 0.05) is 44.7 Å². The predicted molar refractivity (Wildman–Crippen MR) is 67.1 cm³/mol. The van der Waals surface area contributed by atoms with E-state index in [0.717, 1.165) is 4.57 Å². The van der Waals surface area contributed by atoms with Crippen molar-refractivity contribution in [3.63, 3.8) is 0 Å². The van der Waals surface area contributed by atoms with Gasteiger partial charge in [-0.15, -0.1) is 0 Å². The standard InChI is InChI=1S/C10H14F3N3O2S/c1-15-7(5-8(17)16(2)9(15)18)6-14-3-4-19-10(11,12)13/h5,14H,3-4,6H2,1-2H3. The Morgan fingerprint density at radius 1 is 1.26 bits per heavy atom. The fraction of sp³-hybridized carbons (Fsp3) is 0.600. The average molecular weight is 297 g/mol. The van der Waals surface area contributed by atoms with Crippen LogP contribution < -0.4 is 16.6 Å². The molecule has 0 saturated heterocycles. The third-order valence-electron chi connectivity index (χ3n) is 2.48. The fourth-order valence-corrected chi connectivity index (χ4v) is 1.88. The Bertz CT molecular complexity index is 550. The first kappa shape index (κ1) is 15.8. The van der Waals surface area contributed by atoms with Gasteiger partial charge in [0.1, 0.15) is 0 Å². The van der Waals surface area contributed by atoms with Crippen LogP contribution >= 0.6 is 11.8 Å². The Kier molecular flexibility index (Phi) is 5.24. The second-order valence-electron chi connectivity index (χ2n) is 3.85. The van der Waals surface area contributed by atoms with Crippen LogP contribution in [0.2, 0.25) is 0 Å². The number of thioether (sulfide) groups is 1. The van der Waals surface area contributed by atoms with Crippen molar-refractivity contribution < 1.29 is 13.2 Å². The highest BCUT2D eigenvalue weighted by atomic mass is 32.2. The zero-order valence-corrected chi connectivity index (χ0v) is 11.3. The van der Waals surface area contributed by atoms with E-state index in [2.05, 4.69) is 5.32 Å². The molecule has 0 bridgehead atoms. The van der Waals surface area contributed by atoms with E-state index in [-0.39, 0.29) is 30.6 Å². The summed E-state index contributed by atoms with van der Waals surface area (Å²) in [5.74, 6) is -0.123. The molecule has 19 heavy (non-hydrogen) atoms. The van der Waals surface area contributed by atoms with Gasteiger partial charge in [-0.1, -0.05) is 0 Å². The number of nitrogens with one attached hydrogen (secondary N) is 1. The summed E-state index contributed by atoms with van der Waals surface area (Å²) in [6.45, 7) is 0.299. The molecule has 1 aromatic heterocycles. The summed E-state index contributed by atoms with van der Waals surface area (Å²) in [7, 11) is 2.87. The van der Waals surface area contributed by atoms with Gasteiger partial charge in [-0.3, -0.25) is 13.9 Å². The first-order valence-electron chi connectivity index (χ1n) is 5.39. The van der Waals surface area contributed by atoms with Gasteiger partial charge in [-0.2, -0.15) is 13.2 Å². The Morgan fingerprint density at radius 3 is 2.47 bits per heavy atom. The molecule has 0 spiro atoms. The van der Waals surface area contributed by atoms with Crippen molar-refractivity contribution >= 4 is 11.8 Å². The summed E-state index contributed by atoms with van der Waals surface area (Å²) >= 11 is -0.115. The van der Waals surface area contributed by atoms with Crippen LogP contribution in [0.15, 0.2) is 15.7 Å². The molecule has 0 aliphatic carbocycles. The Morgan fingerprint density at radius 2 is 1.89 bits per heavy atom. The number of alkyl halides is 3. The minimum Gasteiger partial charge on any atom is -0.310 e. The highest BCUT2D eigenvalue weighted by Crippen LogP contribution is 2.29. The van der Waals surface area contributed by atoms with E-state index in [1.165, 1.54) is 24.7 Å². The van der Waals surface area contributed by atoms with E-state index in [4.69, 9.17) is 0 Å². The van der Waals surface area contributed by atoms with Crippen LogP contribution in [0.3, 0.4) is 0 Å². The molecule has 1 rings (SSSR count). The van der Waals surface area contributed by atoms with Crippen molar-refractivity contribution in [2.75, 3.05) is 12.3 Å². The van der Waals surface area contributed by atoms with Crippen molar-refractivity contribution in [2.24, 2.45) is 14.1 Å². The van der Waals surface area contributed by atoms with Gasteiger partial charge in [0.2, 0.25) is 0 Å². The molecule has 1 aromatic rings. The Hall–Kier alpha value is -1.22. The molecule has 5 nitrogen and oxygen atoms in total. The average Bonchev–Trinajstić information content (AvgIpc) is 2.31. The molecule has 0 fully saturated rings. The van der Waals surface area contributed by atoms with Crippen LogP contribution in [0.25, 0.3) is 0 Å². The van der Waals surface area contributed by atoms with E-state index in [1.54, 1.807) is 0 Å². The van der Waals surface area contributed by atoms with Gasteiger partial charge >= 0.3 is 11.2 Å². The molecule has 0 aliphatic heterocycles. The summed E-state index contributed by atoms with van der Waals surface area (Å²) in [4.78, 5) is 23.0. The second-order valence-corrected chi connectivity index (χ2v) is 5.01. The number of halogens is 3.